The number of carbonyl (C=O) groups excluding carboxylic acids is 1. The van der Waals surface area contributed by atoms with E-state index < -0.39 is 0 Å². The van der Waals surface area contributed by atoms with Gasteiger partial charge in [0.1, 0.15) is 0 Å². The quantitative estimate of drug-likeness (QED) is 0.139. The summed E-state index contributed by atoms with van der Waals surface area (Å²) >= 11 is 0. The van der Waals surface area contributed by atoms with Crippen LogP contribution in [-0.2, 0) is 11.2 Å². The molecule has 3 N–H and O–H groups in total. The highest BCUT2D eigenvalue weighted by atomic mass is 16.3. The average molecular weight is 993 g/mol. The van der Waals surface area contributed by atoms with Gasteiger partial charge in [-0.25, -0.2) is 14.5 Å². The predicted molar refractivity (Wildman–Crippen MR) is 301 cm³/mol. The number of para-hydroxylation sites is 1. The van der Waals surface area contributed by atoms with Crippen LogP contribution in [0.5, 0.6) is 0 Å². The summed E-state index contributed by atoms with van der Waals surface area (Å²) in [5, 5.41) is 20.0. The van der Waals surface area contributed by atoms with Crippen LogP contribution in [0.3, 0.4) is 0 Å². The molecule has 0 amide bonds. The van der Waals surface area contributed by atoms with Gasteiger partial charge >= 0.3 is 0 Å². The number of hydrogen-bond acceptors (Lipinski definition) is 12. The first-order chi connectivity index (χ1) is 36.7. The van der Waals surface area contributed by atoms with E-state index in [1.165, 1.54) is 16.6 Å². The normalized spacial score (nSPS) is 16.7. The first-order valence-corrected chi connectivity index (χ1v) is 25.8. The molecule has 3 aliphatic heterocycles. The van der Waals surface area contributed by atoms with E-state index in [2.05, 4.69) is 114 Å². The molecule has 0 saturated carbocycles. The fourth-order valence-corrected chi connectivity index (χ4v) is 10.8. The number of pyridine rings is 4. The molecule has 10 heterocycles. The number of likely N-dealkylation sites (N-methyl/N-ethyl adjacent to an activating group) is 1. The van der Waals surface area contributed by atoms with Gasteiger partial charge in [-0.2, -0.15) is 5.10 Å². The Bertz CT molecular complexity index is 3740. The van der Waals surface area contributed by atoms with E-state index in [0.29, 0.717) is 13.0 Å². The Morgan fingerprint density at radius 2 is 1.56 bits per heavy atom. The molecule has 0 spiro atoms. The maximum absolute atomic E-state index is 12.8. The van der Waals surface area contributed by atoms with Gasteiger partial charge < -0.3 is 25.2 Å². The molecule has 3 aromatic carbocycles. The van der Waals surface area contributed by atoms with Crippen molar-refractivity contribution in [2.75, 3.05) is 56.2 Å². The van der Waals surface area contributed by atoms with Crippen molar-refractivity contribution in [1.29, 1.82) is 0 Å². The number of Topliss-reactive ketones (excluding diaryl/α,β-unsaturated/α-hetero) is 1. The highest BCUT2D eigenvalue weighted by Gasteiger charge is 2.32. The fraction of sp³-hybridized carbons (Fsp3) is 0.246. The van der Waals surface area contributed by atoms with Crippen molar-refractivity contribution in [3.63, 3.8) is 0 Å². The molecule has 10 aromatic rings. The van der Waals surface area contributed by atoms with Gasteiger partial charge in [-0.15, -0.1) is 0 Å². The number of aliphatic hydroxyl groups excluding tert-OH is 1. The lowest BCUT2D eigenvalue weighted by Crippen LogP contribution is -2.43. The number of H-pyrrole nitrogens is 1. The molecule has 376 valence electrons. The topological polar surface area (TPSA) is 166 Å². The van der Waals surface area contributed by atoms with Crippen LogP contribution >= 0.6 is 0 Å². The van der Waals surface area contributed by atoms with Gasteiger partial charge in [-0.05, 0) is 115 Å². The molecule has 3 aliphatic rings. The summed E-state index contributed by atoms with van der Waals surface area (Å²) in [6.45, 7) is 11.1. The maximum atomic E-state index is 12.8. The Morgan fingerprint density at radius 3 is 2.39 bits per heavy atom. The highest BCUT2D eigenvalue weighted by molar-refractivity contribution is 6.32. The largest absolute Gasteiger partial charge is 0.396 e. The molecule has 0 radical (unpaired) electrons. The maximum Gasteiger partial charge on any atom is 0.162 e. The second kappa shape index (κ2) is 21.6. The monoisotopic (exact) mass is 992 g/mol. The number of piperazine rings is 1. The molecule has 7 aromatic heterocycles. The van der Waals surface area contributed by atoms with Gasteiger partial charge in [0.05, 0.1) is 52.4 Å². The smallest absolute Gasteiger partial charge is 0.162 e. The number of fused-ring (bicyclic) bond motifs is 3. The number of benzene rings is 3. The highest BCUT2D eigenvalue weighted by Crippen LogP contribution is 2.36. The molecule has 14 heteroatoms. The van der Waals surface area contributed by atoms with E-state index in [1.807, 2.05) is 116 Å². The van der Waals surface area contributed by atoms with Gasteiger partial charge in [0.25, 0.3) is 0 Å². The van der Waals surface area contributed by atoms with Crippen LogP contribution in [0.4, 0.5) is 11.4 Å². The van der Waals surface area contributed by atoms with E-state index in [4.69, 9.17) is 9.97 Å². The van der Waals surface area contributed by atoms with Gasteiger partial charge in [0, 0.05) is 127 Å². The van der Waals surface area contributed by atoms with Crippen LogP contribution in [-0.4, -0.2) is 109 Å². The predicted octanol–water partition coefficient (Wildman–Crippen LogP) is 9.99. The minimum absolute atomic E-state index is 0.00712. The van der Waals surface area contributed by atoms with E-state index >= 15 is 0 Å². The molecule has 75 heavy (non-hydrogen) atoms. The zero-order valence-corrected chi connectivity index (χ0v) is 42.7. The van der Waals surface area contributed by atoms with Crippen LogP contribution in [0.15, 0.2) is 164 Å². The van der Waals surface area contributed by atoms with E-state index in [-0.39, 0.29) is 30.3 Å². The number of nitrogens with one attached hydrogen (secondary N) is 2. The van der Waals surface area contributed by atoms with Crippen molar-refractivity contribution in [2.45, 2.75) is 39.7 Å². The Labute approximate surface area is 436 Å². The zero-order valence-electron chi connectivity index (χ0n) is 42.7. The van der Waals surface area contributed by atoms with Crippen molar-refractivity contribution < 1.29 is 9.90 Å². The summed E-state index contributed by atoms with van der Waals surface area (Å²) < 4.78 is 1.87. The standard InChI is InChI=1S/C25H22N6.C18H14N4.C18H24N2O2/c1-2-4-24-22(3-1)21(9-10-27-24)23-16-29-31-17-19(15-28-25(23)31)18-5-7-20(8-6-18)30-13-11-26-12-14-30;1-12-4-2-5-17(21-12)18-13(9-11-20-18)14-7-8-15-16(22-14)6-3-10-19-15;1-11(2)18-16(22)8-12(10-21)7-13-9-19-14-5-4-6-15(17(13)14)20(18)3/h1-10,15-17,26H,11-14H2;2-10H,11H2,1H3;4-6,9,11-12,18-19,21H,7-8,10H2,1-3H3/t;;12-,18+/m..1/s1. The zero-order chi connectivity index (χ0) is 51.4. The van der Waals surface area contributed by atoms with Crippen LogP contribution < -0.4 is 15.1 Å². The van der Waals surface area contributed by atoms with Gasteiger partial charge in [0.2, 0.25) is 0 Å². The fourth-order valence-electron chi connectivity index (χ4n) is 10.8. The number of aliphatic hydroxyl groups is 1. The Kier molecular flexibility index (Phi) is 14.0. The van der Waals surface area contributed by atoms with Crippen LogP contribution in [0.25, 0.3) is 66.3 Å². The Balaban J connectivity index is 0.000000123. The number of aromatic amines is 1. The molecule has 1 fully saturated rings. The summed E-state index contributed by atoms with van der Waals surface area (Å²) in [6.07, 6.45) is 14.8. The lowest BCUT2D eigenvalue weighted by atomic mass is 9.90. The van der Waals surface area contributed by atoms with Crippen LogP contribution in [0.2, 0.25) is 0 Å². The molecular weight excluding hydrogens is 933 g/mol. The molecule has 1 saturated heterocycles. The lowest BCUT2D eigenvalue weighted by molar-refractivity contribution is -0.122. The first kappa shape index (κ1) is 48.8. The number of aromatic nitrogens is 8. The molecular formula is C61H60N12O2. The van der Waals surface area contributed by atoms with Crippen molar-refractivity contribution in [1.82, 2.24) is 44.8 Å². The Morgan fingerprint density at radius 1 is 0.747 bits per heavy atom. The molecule has 14 nitrogen and oxygen atoms in total. The van der Waals surface area contributed by atoms with Crippen LogP contribution in [0.1, 0.15) is 42.9 Å². The summed E-state index contributed by atoms with van der Waals surface area (Å²) in [5.41, 5.74) is 17.3. The molecule has 0 unspecified atom stereocenters. The van der Waals surface area contributed by atoms with Crippen molar-refractivity contribution in [3.05, 3.63) is 181 Å². The lowest BCUT2D eigenvalue weighted by Gasteiger charge is -2.32. The number of allylic oxidation sites excluding steroid dienone is 1. The second-order valence-corrected chi connectivity index (χ2v) is 19.8. The number of ketones is 1. The van der Waals surface area contributed by atoms with Gasteiger partial charge in [0.15, 0.2) is 11.4 Å². The number of carbonyl (C=O) groups is 1. The number of hydrogen-bond donors (Lipinski definition) is 3. The van der Waals surface area contributed by atoms with Crippen molar-refractivity contribution in [2.24, 2.45) is 16.8 Å². The summed E-state index contributed by atoms with van der Waals surface area (Å²) in [6, 6.07) is 38.8. The third-order valence-corrected chi connectivity index (χ3v) is 14.4. The minimum atomic E-state index is -0.152. The summed E-state index contributed by atoms with van der Waals surface area (Å²) in [7, 11) is 2.01. The van der Waals surface area contributed by atoms with Crippen molar-refractivity contribution >= 4 is 66.9 Å². The SMILES string of the molecule is CC(C)[C@H]1C(=O)C[C@H](CO)Cc2c[nH]c3cccc(c23)N1C.Cc1cccc(C2=NCC=C2c2ccc3ncccc3n2)n1.c1ccc2c(-c3cnn4cc(-c5ccc(N6CCNCC6)cc5)cnc34)ccnc2c1. The number of aliphatic imine (C=N–C) groups is 1. The number of anilines is 2. The van der Waals surface area contributed by atoms with Crippen molar-refractivity contribution in [3.8, 4) is 22.3 Å². The number of nitrogens with zero attached hydrogens (tertiary/aromatic N) is 10. The minimum Gasteiger partial charge on any atom is -0.396 e. The molecule has 0 bridgehead atoms. The third kappa shape index (κ3) is 10.1. The van der Waals surface area contributed by atoms with Gasteiger partial charge in [-0.1, -0.05) is 62.4 Å². The van der Waals surface area contributed by atoms with Gasteiger partial charge in [-0.3, -0.25) is 24.7 Å². The van der Waals surface area contributed by atoms with E-state index in [9.17, 15) is 9.90 Å². The second-order valence-electron chi connectivity index (χ2n) is 19.8. The number of rotatable bonds is 7. The molecule has 2 atom stereocenters. The third-order valence-electron chi connectivity index (χ3n) is 14.4. The number of aryl methyl sites for hydroxylation is 1. The first-order valence-electron chi connectivity index (χ1n) is 25.8. The summed E-state index contributed by atoms with van der Waals surface area (Å²) in [4.78, 5) is 48.1. The average Bonchev–Trinajstić information content (AvgIpc) is 4.23. The van der Waals surface area contributed by atoms with Crippen LogP contribution in [0, 0.1) is 18.8 Å². The van der Waals surface area contributed by atoms with E-state index in [1.54, 1.807) is 6.20 Å². The summed E-state index contributed by atoms with van der Waals surface area (Å²) in [5.74, 6) is 0.447. The van der Waals surface area contributed by atoms with E-state index in [0.717, 1.165) is 122 Å². The molecule has 13 rings (SSSR count). The molecule has 0 aliphatic carbocycles. The Hall–Kier alpha value is -8.46.